The molecule has 0 saturated carbocycles. The Morgan fingerprint density at radius 1 is 1.15 bits per heavy atom. The summed E-state index contributed by atoms with van der Waals surface area (Å²) in [5.41, 5.74) is 2.44. The van der Waals surface area contributed by atoms with Crippen molar-refractivity contribution in [3.63, 3.8) is 0 Å². The molecule has 20 heavy (non-hydrogen) atoms. The van der Waals surface area contributed by atoms with Gasteiger partial charge in [-0.05, 0) is 57.9 Å². The van der Waals surface area contributed by atoms with Gasteiger partial charge >= 0.3 is 0 Å². The molecular weight excluding hydrogens is 291 g/mol. The number of aryl methyl sites for hydroxylation is 1. The first-order valence-electron chi connectivity index (χ1n) is 7.14. The summed E-state index contributed by atoms with van der Waals surface area (Å²) < 4.78 is 33.7. The Hall–Kier alpha value is -0.440. The Bertz CT molecular complexity index is 554. The van der Waals surface area contributed by atoms with Crippen LogP contribution in [-0.2, 0) is 10.1 Å². The predicted octanol–water partition coefficient (Wildman–Crippen LogP) is 4.04. The van der Waals surface area contributed by atoms with Gasteiger partial charge in [0.1, 0.15) is 10.1 Å². The minimum atomic E-state index is -4.38. The van der Waals surface area contributed by atoms with Crippen molar-refractivity contribution in [2.45, 2.75) is 45.2 Å². The minimum Gasteiger partial charge on any atom is -0.744 e. The van der Waals surface area contributed by atoms with E-state index in [4.69, 9.17) is 0 Å². The molecule has 0 spiro atoms. The van der Waals surface area contributed by atoms with Crippen LogP contribution in [0, 0.1) is 6.92 Å². The van der Waals surface area contributed by atoms with Gasteiger partial charge in [-0.25, -0.2) is 8.42 Å². The monoisotopic (exact) mass is 316 g/mol. The van der Waals surface area contributed by atoms with E-state index in [1.165, 1.54) is 6.07 Å². The molecule has 0 aliphatic rings. The van der Waals surface area contributed by atoms with Crippen LogP contribution in [0.25, 0.3) is 0 Å². The molecule has 0 fully saturated rings. The van der Waals surface area contributed by atoms with Gasteiger partial charge in [-0.1, -0.05) is 6.07 Å². The van der Waals surface area contributed by atoms with E-state index in [1.807, 2.05) is 6.92 Å². The molecule has 0 aliphatic carbocycles. The lowest BCUT2D eigenvalue weighted by Gasteiger charge is -2.31. The van der Waals surface area contributed by atoms with E-state index in [2.05, 4.69) is 27.7 Å². The van der Waals surface area contributed by atoms with E-state index < -0.39 is 17.4 Å². The van der Waals surface area contributed by atoms with Crippen LogP contribution in [0.15, 0.2) is 23.1 Å². The van der Waals surface area contributed by atoms with Crippen LogP contribution in [0.4, 0.5) is 0 Å². The van der Waals surface area contributed by atoms with Crippen molar-refractivity contribution < 1.29 is 13.0 Å². The van der Waals surface area contributed by atoms with Crippen molar-refractivity contribution in [2.75, 3.05) is 18.5 Å². The Balaban J connectivity index is 3.38. The largest absolute Gasteiger partial charge is 0.744 e. The van der Waals surface area contributed by atoms with E-state index >= 15 is 0 Å². The molecule has 1 atom stereocenters. The van der Waals surface area contributed by atoms with Crippen LogP contribution >= 0.6 is 7.26 Å². The summed E-state index contributed by atoms with van der Waals surface area (Å²) in [5.74, 6) is 0. The zero-order chi connectivity index (χ0) is 15.6. The lowest BCUT2D eigenvalue weighted by Crippen LogP contribution is -2.12. The van der Waals surface area contributed by atoms with Gasteiger partial charge in [0.2, 0.25) is 0 Å². The highest BCUT2D eigenvalue weighted by Gasteiger charge is 2.39. The molecule has 114 valence electrons. The van der Waals surface area contributed by atoms with Crippen LogP contribution in [0.2, 0.25) is 0 Å². The molecule has 3 nitrogen and oxygen atoms in total. The summed E-state index contributed by atoms with van der Waals surface area (Å²) >= 11 is 0. The Labute approximate surface area is 123 Å². The Kier molecular flexibility index (Phi) is 5.77. The summed E-state index contributed by atoms with van der Waals surface area (Å²) in [7, 11) is -5.53. The summed E-state index contributed by atoms with van der Waals surface area (Å²) in [5, 5.41) is 0. The highest BCUT2D eigenvalue weighted by molar-refractivity contribution is 7.85. The molecule has 1 aromatic carbocycles. The molecule has 0 saturated heterocycles. The lowest BCUT2D eigenvalue weighted by atomic mass is 10.1. The second kappa shape index (κ2) is 6.55. The zero-order valence-corrected chi connectivity index (χ0v) is 14.7. The van der Waals surface area contributed by atoms with Crippen molar-refractivity contribution in [1.82, 2.24) is 0 Å². The lowest BCUT2D eigenvalue weighted by molar-refractivity contribution is 0.463. The van der Waals surface area contributed by atoms with Crippen molar-refractivity contribution in [2.24, 2.45) is 0 Å². The zero-order valence-electron chi connectivity index (χ0n) is 13.0. The van der Waals surface area contributed by atoms with E-state index in [1.54, 1.807) is 12.1 Å². The fourth-order valence-corrected chi connectivity index (χ4v) is 7.37. The van der Waals surface area contributed by atoms with E-state index in [9.17, 15) is 13.0 Å². The highest BCUT2D eigenvalue weighted by atomic mass is 32.2. The Morgan fingerprint density at radius 3 is 2.05 bits per heavy atom. The first-order valence-corrected chi connectivity index (χ1v) is 11.0. The number of hydrogen-bond donors (Lipinski definition) is 0. The fourth-order valence-electron chi connectivity index (χ4n) is 3.01. The predicted molar refractivity (Wildman–Crippen MR) is 86.1 cm³/mol. The van der Waals surface area contributed by atoms with Gasteiger partial charge in [0, 0.05) is 7.26 Å². The summed E-state index contributed by atoms with van der Waals surface area (Å²) in [4.78, 5) is -0.105. The van der Waals surface area contributed by atoms with Gasteiger partial charge in [0.05, 0.1) is 29.0 Å². The second-order valence-corrected chi connectivity index (χ2v) is 11.8. The third-order valence-electron chi connectivity index (χ3n) is 4.70. The van der Waals surface area contributed by atoms with E-state index in [-0.39, 0.29) is 4.90 Å². The van der Waals surface area contributed by atoms with Gasteiger partial charge in [0.25, 0.3) is 0 Å². The molecule has 0 N–H and O–H groups in total. The normalized spacial score (nSPS) is 14.3. The topological polar surface area (TPSA) is 57.2 Å². The molecule has 0 bridgehead atoms. The van der Waals surface area contributed by atoms with Crippen molar-refractivity contribution >= 4 is 17.4 Å². The van der Waals surface area contributed by atoms with Crippen molar-refractivity contribution in [3.05, 3.63) is 29.3 Å². The molecule has 1 aromatic rings. The first kappa shape index (κ1) is 17.6. The van der Waals surface area contributed by atoms with Gasteiger partial charge < -0.3 is 4.55 Å². The number of hydrogen-bond acceptors (Lipinski definition) is 3. The average molecular weight is 316 g/mol. The molecule has 0 heterocycles. The SMILES string of the molecule is CC[P+](CC)(CC)C(C)c1cc(S(=O)(=O)[O-])ccc1C. The van der Waals surface area contributed by atoms with Gasteiger partial charge in [-0.3, -0.25) is 0 Å². The van der Waals surface area contributed by atoms with Crippen LogP contribution in [0.5, 0.6) is 0 Å². The maximum absolute atomic E-state index is 11.2. The van der Waals surface area contributed by atoms with Crippen LogP contribution in [0.1, 0.15) is 44.5 Å². The molecule has 1 rings (SSSR count). The van der Waals surface area contributed by atoms with E-state index in [0.717, 1.165) is 29.6 Å². The van der Waals surface area contributed by atoms with Gasteiger partial charge in [-0.15, -0.1) is 0 Å². The fraction of sp³-hybridized carbons (Fsp3) is 0.600. The molecule has 1 unspecified atom stereocenters. The molecule has 5 heteroatoms. The average Bonchev–Trinajstić information content (AvgIpc) is 2.40. The van der Waals surface area contributed by atoms with Crippen LogP contribution < -0.4 is 0 Å². The minimum absolute atomic E-state index is 0.105. The van der Waals surface area contributed by atoms with Crippen LogP contribution in [0.3, 0.4) is 0 Å². The third kappa shape index (κ3) is 3.41. The molecule has 0 amide bonds. The van der Waals surface area contributed by atoms with Gasteiger partial charge in [-0.2, -0.15) is 0 Å². The standard InChI is InChI=1S/C15H25O3PS/c1-6-19(7-2,8-3)13(5)15-11-14(20(16,17)18)10-9-12(15)4/h9-11,13H,6-8H2,1-5H3. The second-order valence-electron chi connectivity index (χ2n) is 5.32. The maximum Gasteiger partial charge on any atom is 0.124 e. The first-order chi connectivity index (χ1) is 9.21. The Morgan fingerprint density at radius 2 is 1.65 bits per heavy atom. The maximum atomic E-state index is 11.2. The molecule has 0 radical (unpaired) electrons. The van der Waals surface area contributed by atoms with Crippen molar-refractivity contribution in [1.29, 1.82) is 0 Å². The third-order valence-corrected chi connectivity index (χ3v) is 11.2. The van der Waals surface area contributed by atoms with Crippen molar-refractivity contribution in [3.8, 4) is 0 Å². The summed E-state index contributed by atoms with van der Waals surface area (Å²) in [6.45, 7) is 10.8. The highest BCUT2D eigenvalue weighted by Crippen LogP contribution is 2.69. The molecule has 0 aromatic heterocycles. The van der Waals surface area contributed by atoms with Crippen LogP contribution in [-0.4, -0.2) is 31.5 Å². The smallest absolute Gasteiger partial charge is 0.124 e. The number of benzene rings is 1. The summed E-state index contributed by atoms with van der Waals surface area (Å²) in [6, 6.07) is 4.77. The molecular formula is C15H25O3PS. The number of rotatable bonds is 6. The molecule has 0 aliphatic heterocycles. The quantitative estimate of drug-likeness (QED) is 0.588. The van der Waals surface area contributed by atoms with Gasteiger partial charge in [0.15, 0.2) is 0 Å². The van der Waals surface area contributed by atoms with E-state index in [0.29, 0.717) is 5.66 Å². The summed E-state index contributed by atoms with van der Waals surface area (Å²) in [6.07, 6.45) is 3.44.